The standard InChI is InChI=1S/C18H24N2O/c1-4-6-18(21)13-7-8-16-14(11-13)15-12-19(3)10-9-17(15)20(16)5-2/h7-8,11H,4-6,9-10,12H2,1-3H3. The van der Waals surface area contributed by atoms with Crippen LogP contribution in [0.1, 0.15) is 48.3 Å². The molecule has 21 heavy (non-hydrogen) atoms. The van der Waals surface area contributed by atoms with E-state index in [0.717, 1.165) is 38.0 Å². The van der Waals surface area contributed by atoms with Crippen LogP contribution in [0.15, 0.2) is 18.2 Å². The highest BCUT2D eigenvalue weighted by Crippen LogP contribution is 2.31. The molecule has 0 bridgehead atoms. The molecule has 1 aromatic heterocycles. The van der Waals surface area contributed by atoms with Crippen LogP contribution in [0.5, 0.6) is 0 Å². The largest absolute Gasteiger partial charge is 0.344 e. The Morgan fingerprint density at radius 2 is 2.10 bits per heavy atom. The van der Waals surface area contributed by atoms with Crippen molar-refractivity contribution in [3.63, 3.8) is 0 Å². The summed E-state index contributed by atoms with van der Waals surface area (Å²) in [5.74, 6) is 0.265. The number of ketones is 1. The summed E-state index contributed by atoms with van der Waals surface area (Å²) in [4.78, 5) is 14.5. The van der Waals surface area contributed by atoms with Gasteiger partial charge in [0.05, 0.1) is 0 Å². The van der Waals surface area contributed by atoms with E-state index >= 15 is 0 Å². The number of aromatic nitrogens is 1. The highest BCUT2D eigenvalue weighted by Gasteiger charge is 2.22. The molecular formula is C18H24N2O. The summed E-state index contributed by atoms with van der Waals surface area (Å²) in [7, 11) is 2.17. The Balaban J connectivity index is 2.16. The quantitative estimate of drug-likeness (QED) is 0.801. The molecule has 3 nitrogen and oxygen atoms in total. The first-order valence-electron chi connectivity index (χ1n) is 8.01. The molecule has 3 heteroatoms. The van der Waals surface area contributed by atoms with Gasteiger partial charge >= 0.3 is 0 Å². The van der Waals surface area contributed by atoms with Gasteiger partial charge in [-0.3, -0.25) is 4.79 Å². The van der Waals surface area contributed by atoms with Gasteiger partial charge in [0, 0.05) is 54.6 Å². The van der Waals surface area contributed by atoms with Crippen LogP contribution in [-0.4, -0.2) is 28.8 Å². The van der Waals surface area contributed by atoms with E-state index in [-0.39, 0.29) is 5.78 Å². The number of carbonyl (C=O) groups is 1. The third-order valence-electron chi connectivity index (χ3n) is 4.56. The molecule has 0 amide bonds. The fraction of sp³-hybridized carbons (Fsp3) is 0.500. The summed E-state index contributed by atoms with van der Waals surface area (Å²) in [5.41, 5.74) is 5.04. The molecule has 0 N–H and O–H groups in total. The lowest BCUT2D eigenvalue weighted by atomic mass is 10.0. The van der Waals surface area contributed by atoms with Gasteiger partial charge in [-0.25, -0.2) is 0 Å². The number of aryl methyl sites for hydroxylation is 1. The first kappa shape index (κ1) is 14.3. The number of benzene rings is 1. The van der Waals surface area contributed by atoms with E-state index in [9.17, 15) is 4.79 Å². The SMILES string of the molecule is CCCC(=O)c1ccc2c(c1)c1c(n2CC)CCN(C)C1. The zero-order chi connectivity index (χ0) is 15.0. The van der Waals surface area contributed by atoms with Crippen molar-refractivity contribution in [2.24, 2.45) is 0 Å². The minimum absolute atomic E-state index is 0.265. The Kier molecular flexibility index (Phi) is 3.85. The highest BCUT2D eigenvalue weighted by atomic mass is 16.1. The van der Waals surface area contributed by atoms with Crippen molar-refractivity contribution in [3.05, 3.63) is 35.0 Å². The summed E-state index contributed by atoms with van der Waals surface area (Å²) in [6.07, 6.45) is 2.66. The summed E-state index contributed by atoms with van der Waals surface area (Å²) in [6.45, 7) is 7.36. The lowest BCUT2D eigenvalue weighted by molar-refractivity contribution is 0.0982. The number of rotatable bonds is 4. The van der Waals surface area contributed by atoms with Gasteiger partial charge in [-0.15, -0.1) is 0 Å². The van der Waals surface area contributed by atoms with Crippen molar-refractivity contribution in [2.45, 2.75) is 46.2 Å². The Labute approximate surface area is 126 Å². The molecule has 1 aliphatic rings. The maximum Gasteiger partial charge on any atom is 0.162 e. The number of fused-ring (bicyclic) bond motifs is 3. The topological polar surface area (TPSA) is 25.2 Å². The normalized spacial score (nSPS) is 15.4. The predicted molar refractivity (Wildman–Crippen MR) is 86.9 cm³/mol. The Morgan fingerprint density at radius 1 is 1.29 bits per heavy atom. The summed E-state index contributed by atoms with van der Waals surface area (Å²) in [6, 6.07) is 6.26. The second-order valence-corrected chi connectivity index (χ2v) is 6.06. The third kappa shape index (κ3) is 2.40. The lowest BCUT2D eigenvalue weighted by Crippen LogP contribution is -2.27. The highest BCUT2D eigenvalue weighted by molar-refractivity contribution is 6.00. The second-order valence-electron chi connectivity index (χ2n) is 6.06. The first-order valence-corrected chi connectivity index (χ1v) is 8.01. The number of carbonyl (C=O) groups excluding carboxylic acids is 1. The van der Waals surface area contributed by atoms with E-state index in [0.29, 0.717) is 6.42 Å². The molecule has 2 aromatic rings. The van der Waals surface area contributed by atoms with E-state index in [1.54, 1.807) is 0 Å². The van der Waals surface area contributed by atoms with Gasteiger partial charge in [-0.05, 0) is 44.2 Å². The monoisotopic (exact) mass is 284 g/mol. The lowest BCUT2D eigenvalue weighted by Gasteiger charge is -2.24. The van der Waals surface area contributed by atoms with Gasteiger partial charge in [-0.1, -0.05) is 6.92 Å². The molecule has 0 aliphatic carbocycles. The molecule has 3 rings (SSSR count). The summed E-state index contributed by atoms with van der Waals surface area (Å²) in [5, 5.41) is 1.28. The summed E-state index contributed by atoms with van der Waals surface area (Å²) < 4.78 is 2.42. The molecule has 0 saturated carbocycles. The van der Waals surface area contributed by atoms with Crippen molar-refractivity contribution >= 4 is 16.7 Å². The molecule has 0 spiro atoms. The van der Waals surface area contributed by atoms with E-state index in [1.807, 2.05) is 6.07 Å². The van der Waals surface area contributed by atoms with E-state index in [4.69, 9.17) is 0 Å². The maximum atomic E-state index is 12.2. The van der Waals surface area contributed by atoms with Gasteiger partial charge in [0.1, 0.15) is 0 Å². The molecular weight excluding hydrogens is 260 g/mol. The van der Waals surface area contributed by atoms with Crippen molar-refractivity contribution in [1.29, 1.82) is 0 Å². The van der Waals surface area contributed by atoms with E-state index in [1.165, 1.54) is 22.2 Å². The van der Waals surface area contributed by atoms with Gasteiger partial charge in [0.2, 0.25) is 0 Å². The molecule has 0 radical (unpaired) electrons. The fourth-order valence-electron chi connectivity index (χ4n) is 3.49. The Bertz CT molecular complexity index is 684. The minimum Gasteiger partial charge on any atom is -0.344 e. The van der Waals surface area contributed by atoms with Crippen LogP contribution >= 0.6 is 0 Å². The Morgan fingerprint density at radius 3 is 2.81 bits per heavy atom. The van der Waals surface area contributed by atoms with Gasteiger partial charge < -0.3 is 9.47 Å². The predicted octanol–water partition coefficient (Wildman–Crippen LogP) is 3.63. The number of likely N-dealkylation sites (N-methyl/N-ethyl adjacent to an activating group) is 1. The zero-order valence-electron chi connectivity index (χ0n) is 13.3. The van der Waals surface area contributed by atoms with E-state index in [2.05, 4.69) is 42.5 Å². The molecule has 112 valence electrons. The molecule has 0 unspecified atom stereocenters. The van der Waals surface area contributed by atoms with Gasteiger partial charge in [-0.2, -0.15) is 0 Å². The third-order valence-corrected chi connectivity index (χ3v) is 4.56. The van der Waals surface area contributed by atoms with E-state index < -0.39 is 0 Å². The molecule has 1 aliphatic heterocycles. The minimum atomic E-state index is 0.265. The van der Waals surface area contributed by atoms with Gasteiger partial charge in [0.15, 0.2) is 5.78 Å². The average Bonchev–Trinajstić information content (AvgIpc) is 2.79. The zero-order valence-corrected chi connectivity index (χ0v) is 13.3. The van der Waals surface area contributed by atoms with Crippen LogP contribution in [0.3, 0.4) is 0 Å². The van der Waals surface area contributed by atoms with Gasteiger partial charge in [0.25, 0.3) is 0 Å². The van der Waals surface area contributed by atoms with Crippen molar-refractivity contribution in [2.75, 3.05) is 13.6 Å². The van der Waals surface area contributed by atoms with Crippen molar-refractivity contribution < 1.29 is 4.79 Å². The van der Waals surface area contributed by atoms with Crippen LogP contribution < -0.4 is 0 Å². The van der Waals surface area contributed by atoms with Crippen molar-refractivity contribution in [3.8, 4) is 0 Å². The first-order chi connectivity index (χ1) is 10.2. The van der Waals surface area contributed by atoms with Crippen LogP contribution in [0.25, 0.3) is 10.9 Å². The van der Waals surface area contributed by atoms with Crippen LogP contribution in [0.4, 0.5) is 0 Å². The average molecular weight is 284 g/mol. The molecule has 0 fully saturated rings. The van der Waals surface area contributed by atoms with Crippen LogP contribution in [0, 0.1) is 0 Å². The smallest absolute Gasteiger partial charge is 0.162 e. The summed E-state index contributed by atoms with van der Waals surface area (Å²) >= 11 is 0. The number of Topliss-reactive ketones (excluding diaryl/α,β-unsaturated/α-hetero) is 1. The Hall–Kier alpha value is -1.61. The maximum absolute atomic E-state index is 12.2. The van der Waals surface area contributed by atoms with Crippen LogP contribution in [-0.2, 0) is 19.5 Å². The van der Waals surface area contributed by atoms with Crippen LogP contribution in [0.2, 0.25) is 0 Å². The molecule has 1 aromatic carbocycles. The van der Waals surface area contributed by atoms with Crippen molar-refractivity contribution in [1.82, 2.24) is 9.47 Å². The second kappa shape index (κ2) is 5.64. The molecule has 2 heterocycles. The molecule has 0 saturated heterocycles. The molecule has 0 atom stereocenters. The fourth-order valence-corrected chi connectivity index (χ4v) is 3.49. The number of hydrogen-bond donors (Lipinski definition) is 0. The number of nitrogens with zero attached hydrogens (tertiary/aromatic N) is 2. The number of hydrogen-bond acceptors (Lipinski definition) is 2.